The maximum absolute atomic E-state index is 8.85. The Bertz CT molecular complexity index is 461. The van der Waals surface area contributed by atoms with Gasteiger partial charge in [0, 0.05) is 23.7 Å². The Morgan fingerprint density at radius 3 is 2.82 bits per heavy atom. The van der Waals surface area contributed by atoms with Crippen molar-refractivity contribution in [2.45, 2.75) is 38.5 Å². The van der Waals surface area contributed by atoms with Gasteiger partial charge in [0.25, 0.3) is 0 Å². The molecular formula is C15H21NO. The number of nitrogens with one attached hydrogen (secondary N) is 1. The van der Waals surface area contributed by atoms with E-state index in [-0.39, 0.29) is 0 Å². The van der Waals surface area contributed by atoms with Crippen LogP contribution >= 0.6 is 0 Å². The van der Waals surface area contributed by atoms with Crippen LogP contribution < -0.4 is 0 Å². The number of hydrogen-bond acceptors (Lipinski definition) is 1. The molecule has 0 aliphatic carbocycles. The first-order chi connectivity index (χ1) is 8.36. The molecule has 0 spiro atoms. The molecule has 0 radical (unpaired) electrons. The number of fused-ring (bicyclic) bond motifs is 1. The van der Waals surface area contributed by atoms with Gasteiger partial charge in [-0.25, -0.2) is 0 Å². The Morgan fingerprint density at radius 1 is 1.24 bits per heavy atom. The molecule has 1 atom stereocenters. The van der Waals surface area contributed by atoms with Crippen LogP contribution in [0.15, 0.2) is 30.5 Å². The molecule has 1 heterocycles. The Kier molecular flexibility index (Phi) is 4.21. The van der Waals surface area contributed by atoms with E-state index in [1.165, 1.54) is 22.9 Å². The van der Waals surface area contributed by atoms with Gasteiger partial charge >= 0.3 is 0 Å². The third-order valence-corrected chi connectivity index (χ3v) is 3.51. The fourth-order valence-corrected chi connectivity index (χ4v) is 2.51. The topological polar surface area (TPSA) is 36.0 Å². The van der Waals surface area contributed by atoms with Crippen LogP contribution in [-0.2, 0) is 0 Å². The molecule has 2 aromatic rings. The minimum atomic E-state index is 0.310. The van der Waals surface area contributed by atoms with E-state index in [1.807, 2.05) is 0 Å². The highest BCUT2D eigenvalue weighted by atomic mass is 16.2. The molecule has 2 nitrogen and oxygen atoms in total. The third kappa shape index (κ3) is 2.70. The molecule has 0 amide bonds. The molecule has 0 bridgehead atoms. The third-order valence-electron chi connectivity index (χ3n) is 3.51. The molecule has 1 aromatic carbocycles. The second-order valence-corrected chi connectivity index (χ2v) is 4.61. The van der Waals surface area contributed by atoms with Crippen LogP contribution in [-0.4, -0.2) is 16.7 Å². The van der Waals surface area contributed by atoms with E-state index < -0.39 is 0 Å². The zero-order valence-electron chi connectivity index (χ0n) is 10.4. The first-order valence-electron chi connectivity index (χ1n) is 6.53. The van der Waals surface area contributed by atoms with Gasteiger partial charge in [0.15, 0.2) is 0 Å². The van der Waals surface area contributed by atoms with E-state index in [0.29, 0.717) is 12.5 Å². The van der Waals surface area contributed by atoms with Crippen LogP contribution in [0.2, 0.25) is 0 Å². The summed E-state index contributed by atoms with van der Waals surface area (Å²) >= 11 is 0. The first-order valence-corrected chi connectivity index (χ1v) is 6.53. The predicted octanol–water partition coefficient (Wildman–Crippen LogP) is 3.82. The van der Waals surface area contributed by atoms with Crippen LogP contribution in [0.3, 0.4) is 0 Å². The molecule has 0 aliphatic heterocycles. The summed E-state index contributed by atoms with van der Waals surface area (Å²) in [7, 11) is 0. The van der Waals surface area contributed by atoms with E-state index in [9.17, 15) is 0 Å². The summed E-state index contributed by atoms with van der Waals surface area (Å²) < 4.78 is 0. The number of hydrogen-bond donors (Lipinski definition) is 2. The summed E-state index contributed by atoms with van der Waals surface area (Å²) in [5, 5.41) is 10.2. The molecule has 1 aromatic heterocycles. The van der Waals surface area contributed by atoms with E-state index >= 15 is 0 Å². The Labute approximate surface area is 103 Å². The van der Waals surface area contributed by atoms with E-state index in [1.54, 1.807) is 0 Å². The maximum atomic E-state index is 8.85. The highest BCUT2D eigenvalue weighted by Crippen LogP contribution is 2.31. The van der Waals surface area contributed by atoms with Crippen molar-refractivity contribution in [3.8, 4) is 0 Å². The molecule has 2 N–H and O–H groups in total. The number of aromatic amines is 1. The highest BCUT2D eigenvalue weighted by Gasteiger charge is 2.13. The molecule has 2 heteroatoms. The number of aliphatic hydroxyl groups excluding tert-OH is 1. The van der Waals surface area contributed by atoms with Crippen LogP contribution in [0.5, 0.6) is 0 Å². The van der Waals surface area contributed by atoms with Gasteiger partial charge in [0.2, 0.25) is 0 Å². The van der Waals surface area contributed by atoms with Crippen molar-refractivity contribution in [2.75, 3.05) is 6.61 Å². The summed E-state index contributed by atoms with van der Waals surface area (Å²) in [6.45, 7) is 2.55. The van der Waals surface area contributed by atoms with Gasteiger partial charge in [-0.2, -0.15) is 0 Å². The number of rotatable bonds is 6. The van der Waals surface area contributed by atoms with E-state index in [2.05, 4.69) is 42.4 Å². The fraction of sp³-hybridized carbons (Fsp3) is 0.467. The number of unbranched alkanes of at least 4 members (excludes halogenated alkanes) is 1. The average molecular weight is 231 g/mol. The van der Waals surface area contributed by atoms with Gasteiger partial charge < -0.3 is 10.1 Å². The lowest BCUT2D eigenvalue weighted by atomic mass is 9.91. The van der Waals surface area contributed by atoms with Gasteiger partial charge in [-0.1, -0.05) is 31.5 Å². The van der Waals surface area contributed by atoms with E-state index in [4.69, 9.17) is 5.11 Å². The lowest BCUT2D eigenvalue weighted by Gasteiger charge is -2.13. The molecule has 92 valence electrons. The largest absolute Gasteiger partial charge is 0.396 e. The van der Waals surface area contributed by atoms with Crippen molar-refractivity contribution in [3.63, 3.8) is 0 Å². The first kappa shape index (κ1) is 12.2. The lowest BCUT2D eigenvalue weighted by Crippen LogP contribution is -1.97. The Hall–Kier alpha value is -1.28. The monoisotopic (exact) mass is 231 g/mol. The zero-order valence-corrected chi connectivity index (χ0v) is 10.4. The Morgan fingerprint density at radius 2 is 2.06 bits per heavy atom. The highest BCUT2D eigenvalue weighted by molar-refractivity contribution is 5.83. The summed E-state index contributed by atoms with van der Waals surface area (Å²) in [4.78, 5) is 3.34. The lowest BCUT2D eigenvalue weighted by molar-refractivity contribution is 0.281. The van der Waals surface area contributed by atoms with Crippen molar-refractivity contribution in [3.05, 3.63) is 36.0 Å². The number of para-hydroxylation sites is 1. The van der Waals surface area contributed by atoms with E-state index in [0.717, 1.165) is 19.3 Å². The van der Waals surface area contributed by atoms with Gasteiger partial charge in [-0.15, -0.1) is 0 Å². The SMILES string of the molecule is CCC(CCCCO)c1c[nH]c2ccccc12. The van der Waals surface area contributed by atoms with Crippen LogP contribution in [0, 0.1) is 0 Å². The summed E-state index contributed by atoms with van der Waals surface area (Å²) in [5.74, 6) is 0.609. The van der Waals surface area contributed by atoms with Gasteiger partial charge in [0.1, 0.15) is 0 Å². The number of benzene rings is 1. The molecule has 0 saturated heterocycles. The standard InChI is InChI=1S/C15H21NO/c1-2-12(7-5-6-10-17)14-11-16-15-9-4-3-8-13(14)15/h3-4,8-9,11-12,16-17H,2,5-7,10H2,1H3. The summed E-state index contributed by atoms with van der Waals surface area (Å²) in [6, 6.07) is 8.48. The second-order valence-electron chi connectivity index (χ2n) is 4.61. The van der Waals surface area contributed by atoms with Crippen LogP contribution in [0.1, 0.15) is 44.1 Å². The van der Waals surface area contributed by atoms with Crippen molar-refractivity contribution in [1.82, 2.24) is 4.98 Å². The molecule has 0 fully saturated rings. The second kappa shape index (κ2) is 5.87. The number of H-pyrrole nitrogens is 1. The normalized spacial score (nSPS) is 13.1. The van der Waals surface area contributed by atoms with Crippen LogP contribution in [0.4, 0.5) is 0 Å². The van der Waals surface area contributed by atoms with Crippen molar-refractivity contribution < 1.29 is 5.11 Å². The number of aliphatic hydroxyl groups is 1. The minimum absolute atomic E-state index is 0.310. The van der Waals surface area contributed by atoms with Crippen molar-refractivity contribution >= 4 is 10.9 Å². The van der Waals surface area contributed by atoms with Gasteiger partial charge in [0.05, 0.1) is 0 Å². The van der Waals surface area contributed by atoms with Crippen molar-refractivity contribution in [1.29, 1.82) is 0 Å². The maximum Gasteiger partial charge on any atom is 0.0456 e. The zero-order chi connectivity index (χ0) is 12.1. The molecule has 0 aliphatic rings. The van der Waals surface area contributed by atoms with Gasteiger partial charge in [-0.05, 0) is 36.8 Å². The molecular weight excluding hydrogens is 210 g/mol. The molecule has 2 rings (SSSR count). The summed E-state index contributed by atoms with van der Waals surface area (Å²) in [5.41, 5.74) is 2.66. The predicted molar refractivity (Wildman–Crippen MR) is 72.3 cm³/mol. The Balaban J connectivity index is 2.18. The fourth-order valence-electron chi connectivity index (χ4n) is 2.51. The quantitative estimate of drug-likeness (QED) is 0.728. The summed E-state index contributed by atoms with van der Waals surface area (Å²) in [6.07, 6.45) is 6.50. The van der Waals surface area contributed by atoms with Gasteiger partial charge in [-0.3, -0.25) is 0 Å². The smallest absolute Gasteiger partial charge is 0.0456 e. The minimum Gasteiger partial charge on any atom is -0.396 e. The molecule has 0 saturated carbocycles. The average Bonchev–Trinajstić information content (AvgIpc) is 2.79. The van der Waals surface area contributed by atoms with Crippen molar-refractivity contribution in [2.24, 2.45) is 0 Å². The molecule has 1 unspecified atom stereocenters. The number of aromatic nitrogens is 1. The molecule has 17 heavy (non-hydrogen) atoms. The van der Waals surface area contributed by atoms with Crippen LogP contribution in [0.25, 0.3) is 10.9 Å².